The molecule has 0 saturated carbocycles. The zero-order valence-electron chi connectivity index (χ0n) is 11.8. The lowest BCUT2D eigenvalue weighted by atomic mass is 9.97. The van der Waals surface area contributed by atoms with Gasteiger partial charge in [0.1, 0.15) is 0 Å². The maximum absolute atomic E-state index is 11.8. The van der Waals surface area contributed by atoms with Gasteiger partial charge in [0.15, 0.2) is 0 Å². The molecule has 5 heteroatoms. The maximum atomic E-state index is 11.8. The molecule has 2 amide bonds. The van der Waals surface area contributed by atoms with Crippen LogP contribution in [-0.4, -0.2) is 43.4 Å². The second-order valence-corrected chi connectivity index (χ2v) is 5.29. The Kier molecular flexibility index (Phi) is 4.74. The molecule has 0 aliphatic carbocycles. The Hall–Kier alpha value is -1.88. The lowest BCUT2D eigenvalue weighted by Crippen LogP contribution is -2.35. The van der Waals surface area contributed by atoms with Crippen molar-refractivity contribution < 1.29 is 9.59 Å². The number of benzene rings is 1. The average Bonchev–Trinajstić information content (AvgIpc) is 2.88. The lowest BCUT2D eigenvalue weighted by molar-refractivity contribution is -0.129. The molecule has 20 heavy (non-hydrogen) atoms. The summed E-state index contributed by atoms with van der Waals surface area (Å²) < 4.78 is 0. The molecule has 0 aromatic heterocycles. The number of carbonyl (C=O) groups excluding carboxylic acids is 2. The summed E-state index contributed by atoms with van der Waals surface area (Å²) in [7, 11) is 1.78. The molecule has 3 N–H and O–H groups in total. The summed E-state index contributed by atoms with van der Waals surface area (Å²) in [5.74, 6) is 0.212. The van der Waals surface area contributed by atoms with Gasteiger partial charge < -0.3 is 16.0 Å². The van der Waals surface area contributed by atoms with Gasteiger partial charge in [-0.25, -0.2) is 0 Å². The molecule has 1 aromatic rings. The van der Waals surface area contributed by atoms with Crippen molar-refractivity contribution in [2.45, 2.75) is 12.8 Å². The molecule has 1 aromatic carbocycles. The van der Waals surface area contributed by atoms with E-state index in [1.807, 2.05) is 23.1 Å². The van der Waals surface area contributed by atoms with Gasteiger partial charge in [0.2, 0.25) is 11.8 Å². The fourth-order valence-electron chi connectivity index (χ4n) is 2.67. The smallest absolute Gasteiger partial charge is 0.248 e. The average molecular weight is 275 g/mol. The van der Waals surface area contributed by atoms with Crippen molar-refractivity contribution in [1.82, 2.24) is 10.2 Å². The number of nitrogens with one attached hydrogen (secondary N) is 1. The summed E-state index contributed by atoms with van der Waals surface area (Å²) in [5, 5.41) is 2.89. The minimum atomic E-state index is -0.399. The molecule has 1 atom stereocenters. The molecule has 2 rings (SSSR count). The molecule has 0 unspecified atom stereocenters. The van der Waals surface area contributed by atoms with Gasteiger partial charge in [-0.15, -0.1) is 0 Å². The van der Waals surface area contributed by atoms with Gasteiger partial charge in [0.25, 0.3) is 0 Å². The molecule has 0 bridgehead atoms. The number of nitrogens with zero attached hydrogens (tertiary/aromatic N) is 1. The number of nitrogens with two attached hydrogens (primary N) is 1. The minimum absolute atomic E-state index is 0.154. The summed E-state index contributed by atoms with van der Waals surface area (Å²) in [6.45, 7) is 2.01. The van der Waals surface area contributed by atoms with Crippen LogP contribution in [0.5, 0.6) is 0 Å². The predicted octanol–water partition coefficient (Wildman–Crippen LogP) is 0.396. The van der Waals surface area contributed by atoms with Crippen molar-refractivity contribution in [3.8, 4) is 0 Å². The predicted molar refractivity (Wildman–Crippen MR) is 77.3 cm³/mol. The highest BCUT2D eigenvalue weighted by atomic mass is 16.2. The topological polar surface area (TPSA) is 75.4 Å². The van der Waals surface area contributed by atoms with Crippen LogP contribution < -0.4 is 11.1 Å². The molecule has 0 radical (unpaired) electrons. The van der Waals surface area contributed by atoms with E-state index in [9.17, 15) is 9.59 Å². The van der Waals surface area contributed by atoms with Crippen molar-refractivity contribution in [3.05, 3.63) is 35.4 Å². The van der Waals surface area contributed by atoms with Gasteiger partial charge in [-0.05, 0) is 43.5 Å². The van der Waals surface area contributed by atoms with E-state index in [1.165, 1.54) is 0 Å². The highest BCUT2D eigenvalue weighted by molar-refractivity contribution is 5.92. The number of hydrogen-bond donors (Lipinski definition) is 2. The first-order valence-electron chi connectivity index (χ1n) is 6.91. The number of carbonyl (C=O) groups is 2. The molecule has 1 aliphatic rings. The fraction of sp³-hybridized carbons (Fsp3) is 0.467. The third-order valence-corrected chi connectivity index (χ3v) is 3.70. The molecule has 108 valence electrons. The second-order valence-electron chi connectivity index (χ2n) is 5.29. The highest BCUT2D eigenvalue weighted by Gasteiger charge is 2.25. The van der Waals surface area contributed by atoms with E-state index in [4.69, 9.17) is 5.73 Å². The summed E-state index contributed by atoms with van der Waals surface area (Å²) in [6, 6.07) is 7.43. The number of hydrogen-bond acceptors (Lipinski definition) is 3. The minimum Gasteiger partial charge on any atom is -0.366 e. The van der Waals surface area contributed by atoms with Crippen LogP contribution in [-0.2, 0) is 11.2 Å². The normalized spacial score (nSPS) is 18.2. The summed E-state index contributed by atoms with van der Waals surface area (Å²) in [6.07, 6.45) is 1.89. The van der Waals surface area contributed by atoms with Crippen molar-refractivity contribution >= 4 is 11.8 Å². The van der Waals surface area contributed by atoms with Crippen LogP contribution in [0.2, 0.25) is 0 Å². The largest absolute Gasteiger partial charge is 0.366 e. The Bertz CT molecular complexity index is 502. The van der Waals surface area contributed by atoms with Gasteiger partial charge in [0, 0.05) is 18.7 Å². The summed E-state index contributed by atoms with van der Waals surface area (Å²) in [5.41, 5.74) is 6.94. The van der Waals surface area contributed by atoms with Crippen LogP contribution in [0, 0.1) is 5.92 Å². The first-order chi connectivity index (χ1) is 9.60. The first-order valence-corrected chi connectivity index (χ1v) is 6.91. The number of amides is 2. The van der Waals surface area contributed by atoms with Crippen LogP contribution in [0.1, 0.15) is 22.3 Å². The van der Waals surface area contributed by atoms with Gasteiger partial charge in [-0.1, -0.05) is 12.1 Å². The number of likely N-dealkylation sites (tertiary alicyclic amines) is 1. The number of primary amides is 1. The molecular weight excluding hydrogens is 254 g/mol. The van der Waals surface area contributed by atoms with Crippen LogP contribution in [0.15, 0.2) is 24.3 Å². The number of rotatable bonds is 5. The third-order valence-electron chi connectivity index (χ3n) is 3.70. The van der Waals surface area contributed by atoms with Crippen molar-refractivity contribution in [3.63, 3.8) is 0 Å². The zero-order valence-corrected chi connectivity index (χ0v) is 11.8. The molecule has 1 saturated heterocycles. The lowest BCUT2D eigenvalue weighted by Gasteiger charge is -2.16. The van der Waals surface area contributed by atoms with Crippen molar-refractivity contribution in [1.29, 1.82) is 0 Å². The van der Waals surface area contributed by atoms with E-state index >= 15 is 0 Å². The Morgan fingerprint density at radius 2 is 2.25 bits per heavy atom. The van der Waals surface area contributed by atoms with Crippen molar-refractivity contribution in [2.75, 3.05) is 26.7 Å². The summed E-state index contributed by atoms with van der Waals surface area (Å²) in [4.78, 5) is 24.9. The second kappa shape index (κ2) is 6.52. The van der Waals surface area contributed by atoms with E-state index in [0.29, 0.717) is 18.0 Å². The van der Waals surface area contributed by atoms with E-state index in [1.54, 1.807) is 13.1 Å². The zero-order chi connectivity index (χ0) is 14.5. The Morgan fingerprint density at radius 1 is 1.45 bits per heavy atom. The van der Waals surface area contributed by atoms with Gasteiger partial charge in [0.05, 0.1) is 6.54 Å². The summed E-state index contributed by atoms with van der Waals surface area (Å²) >= 11 is 0. The van der Waals surface area contributed by atoms with Crippen LogP contribution >= 0.6 is 0 Å². The van der Waals surface area contributed by atoms with Gasteiger partial charge in [-0.2, -0.15) is 0 Å². The maximum Gasteiger partial charge on any atom is 0.248 e. The molecule has 1 aliphatic heterocycles. The standard InChI is InChI=1S/C15H21N3O2/c1-17-9-14(19)18-6-5-12(10-18)7-11-3-2-4-13(8-11)15(16)20/h2-4,8,12,17H,5-7,9-10H2,1H3,(H2,16,20)/t12-/m1/s1. The quantitative estimate of drug-likeness (QED) is 0.816. The molecule has 5 nitrogen and oxygen atoms in total. The molecule has 0 spiro atoms. The van der Waals surface area contributed by atoms with Gasteiger partial charge in [-0.3, -0.25) is 9.59 Å². The monoisotopic (exact) mass is 275 g/mol. The van der Waals surface area contributed by atoms with Gasteiger partial charge >= 0.3 is 0 Å². The van der Waals surface area contributed by atoms with E-state index < -0.39 is 5.91 Å². The first kappa shape index (κ1) is 14.5. The SMILES string of the molecule is CNCC(=O)N1CC[C@H](Cc2cccc(C(N)=O)c2)C1. The Labute approximate surface area is 119 Å². The highest BCUT2D eigenvalue weighted by Crippen LogP contribution is 2.21. The number of likely N-dealkylation sites (N-methyl/N-ethyl adjacent to an activating group) is 1. The van der Waals surface area contributed by atoms with Crippen LogP contribution in [0.4, 0.5) is 0 Å². The van der Waals surface area contributed by atoms with E-state index in [-0.39, 0.29) is 5.91 Å². The van der Waals surface area contributed by atoms with Crippen LogP contribution in [0.25, 0.3) is 0 Å². The van der Waals surface area contributed by atoms with E-state index in [0.717, 1.165) is 31.5 Å². The Balaban J connectivity index is 1.93. The fourth-order valence-corrected chi connectivity index (χ4v) is 2.67. The molecule has 1 fully saturated rings. The molecule has 1 heterocycles. The van der Waals surface area contributed by atoms with E-state index in [2.05, 4.69) is 5.32 Å². The molecular formula is C15H21N3O2. The Morgan fingerprint density at radius 3 is 2.95 bits per heavy atom. The third kappa shape index (κ3) is 3.57. The van der Waals surface area contributed by atoms with Crippen molar-refractivity contribution in [2.24, 2.45) is 11.7 Å². The van der Waals surface area contributed by atoms with Crippen LogP contribution in [0.3, 0.4) is 0 Å².